The van der Waals surface area contributed by atoms with Crippen molar-refractivity contribution in [3.8, 4) is 22.5 Å². The molecular weight excluding hydrogens is 469 g/mol. The maximum Gasteiger partial charge on any atom is 0.417 e. The predicted molar refractivity (Wildman–Crippen MR) is 132 cm³/mol. The number of alkyl halides is 3. The monoisotopic (exact) mass is 486 g/mol. The minimum Gasteiger partial charge on any atom is -0.338 e. The predicted octanol–water partition coefficient (Wildman–Crippen LogP) is 6.22. The fourth-order valence-electron chi connectivity index (χ4n) is 4.22. The van der Waals surface area contributed by atoms with Gasteiger partial charge in [-0.15, -0.1) is 0 Å². The second-order valence-electron chi connectivity index (χ2n) is 8.26. The summed E-state index contributed by atoms with van der Waals surface area (Å²) in [7, 11) is 0. The number of fused-ring (bicyclic) bond motifs is 2. The first-order valence-electron chi connectivity index (χ1n) is 11.0. The van der Waals surface area contributed by atoms with Crippen molar-refractivity contribution in [1.82, 2.24) is 25.4 Å². The maximum absolute atomic E-state index is 14.1. The number of pyridine rings is 1. The Labute approximate surface area is 201 Å². The van der Waals surface area contributed by atoms with Gasteiger partial charge in [0.1, 0.15) is 0 Å². The molecule has 0 aliphatic rings. The summed E-state index contributed by atoms with van der Waals surface area (Å²) in [6, 6.07) is 22.1. The molecule has 0 atom stereocenters. The van der Waals surface area contributed by atoms with Gasteiger partial charge in [-0.25, -0.2) is 4.98 Å². The highest BCUT2D eigenvalue weighted by molar-refractivity contribution is 5.92. The number of hydrogen-bond acceptors (Lipinski definition) is 4. The molecule has 36 heavy (non-hydrogen) atoms. The number of nitrogens with one attached hydrogen (secondary N) is 4. The first-order chi connectivity index (χ1) is 17.4. The van der Waals surface area contributed by atoms with Gasteiger partial charge in [-0.1, -0.05) is 42.5 Å². The molecular formula is C26H17F3N6O. The van der Waals surface area contributed by atoms with E-state index < -0.39 is 17.3 Å². The molecule has 0 spiro atoms. The van der Waals surface area contributed by atoms with Gasteiger partial charge in [0.2, 0.25) is 0 Å². The summed E-state index contributed by atoms with van der Waals surface area (Å²) in [4.78, 5) is 16.8. The number of nitrogens with zero attached hydrogens (tertiary/aromatic N) is 2. The average molecular weight is 486 g/mol. The van der Waals surface area contributed by atoms with E-state index in [0.717, 1.165) is 22.5 Å². The third kappa shape index (κ3) is 3.78. The van der Waals surface area contributed by atoms with Crippen LogP contribution in [0.4, 0.5) is 24.7 Å². The number of halogens is 3. The molecule has 3 heterocycles. The van der Waals surface area contributed by atoms with E-state index in [2.05, 4.69) is 30.7 Å². The molecule has 0 saturated carbocycles. The zero-order chi connectivity index (χ0) is 24.9. The van der Waals surface area contributed by atoms with Crippen LogP contribution in [0.3, 0.4) is 0 Å². The number of aromatic amines is 3. The number of anilines is 2. The van der Waals surface area contributed by atoms with Crippen molar-refractivity contribution in [2.45, 2.75) is 6.18 Å². The highest BCUT2D eigenvalue weighted by atomic mass is 19.4. The number of para-hydroxylation sites is 1. The number of H-pyrrole nitrogens is 3. The summed E-state index contributed by atoms with van der Waals surface area (Å²) in [6.07, 6.45) is -4.67. The van der Waals surface area contributed by atoms with Gasteiger partial charge in [-0.2, -0.15) is 18.3 Å². The molecule has 0 fully saturated rings. The van der Waals surface area contributed by atoms with Crippen molar-refractivity contribution >= 4 is 33.3 Å². The summed E-state index contributed by atoms with van der Waals surface area (Å²) in [5.41, 5.74) is 1.01. The zero-order valence-electron chi connectivity index (χ0n) is 18.4. The van der Waals surface area contributed by atoms with Gasteiger partial charge >= 0.3 is 6.18 Å². The Hall–Kier alpha value is -4.86. The summed E-state index contributed by atoms with van der Waals surface area (Å²) in [6.45, 7) is 0. The van der Waals surface area contributed by atoms with Crippen LogP contribution in [0.25, 0.3) is 44.3 Å². The normalized spacial score (nSPS) is 11.9. The lowest BCUT2D eigenvalue weighted by molar-refractivity contribution is -0.137. The van der Waals surface area contributed by atoms with Crippen LogP contribution in [-0.4, -0.2) is 25.4 Å². The smallest absolute Gasteiger partial charge is 0.338 e. The van der Waals surface area contributed by atoms with E-state index in [-0.39, 0.29) is 22.2 Å². The second-order valence-corrected chi connectivity index (χ2v) is 8.26. The van der Waals surface area contributed by atoms with Gasteiger partial charge in [-0.3, -0.25) is 20.1 Å². The fraction of sp³-hybridized carbons (Fsp3) is 0.0385. The Morgan fingerprint density at radius 3 is 2.33 bits per heavy atom. The molecule has 0 bridgehead atoms. The van der Waals surface area contributed by atoms with Gasteiger partial charge in [0, 0.05) is 22.2 Å². The first kappa shape index (κ1) is 21.7. The first-order valence-corrected chi connectivity index (χ1v) is 11.0. The quantitative estimate of drug-likeness (QED) is 0.237. The third-order valence-corrected chi connectivity index (χ3v) is 5.92. The van der Waals surface area contributed by atoms with Gasteiger partial charge in [0.15, 0.2) is 5.82 Å². The van der Waals surface area contributed by atoms with Crippen molar-refractivity contribution in [2.24, 2.45) is 0 Å². The van der Waals surface area contributed by atoms with E-state index in [1.165, 1.54) is 12.1 Å². The molecule has 0 amide bonds. The van der Waals surface area contributed by atoms with E-state index in [1.807, 2.05) is 54.6 Å². The van der Waals surface area contributed by atoms with Crippen molar-refractivity contribution in [2.75, 3.05) is 5.32 Å². The number of hydrogen-bond donors (Lipinski definition) is 4. The molecule has 7 nitrogen and oxygen atoms in total. The third-order valence-electron chi connectivity index (χ3n) is 5.92. The van der Waals surface area contributed by atoms with Crippen molar-refractivity contribution in [1.29, 1.82) is 0 Å². The average Bonchev–Trinajstić information content (AvgIpc) is 3.46. The van der Waals surface area contributed by atoms with Gasteiger partial charge in [0.05, 0.1) is 33.4 Å². The summed E-state index contributed by atoms with van der Waals surface area (Å²) in [5.74, 6) is 0.523. The van der Waals surface area contributed by atoms with Crippen LogP contribution in [0.1, 0.15) is 5.56 Å². The summed E-state index contributed by atoms with van der Waals surface area (Å²) >= 11 is 0. The maximum atomic E-state index is 14.1. The molecule has 0 saturated heterocycles. The molecule has 0 aliphatic carbocycles. The lowest BCUT2D eigenvalue weighted by Crippen LogP contribution is -2.09. The van der Waals surface area contributed by atoms with Crippen LogP contribution < -0.4 is 10.9 Å². The molecule has 3 aromatic carbocycles. The van der Waals surface area contributed by atoms with Crippen LogP contribution in [0, 0.1) is 0 Å². The molecule has 10 heteroatoms. The molecule has 4 N–H and O–H groups in total. The highest BCUT2D eigenvalue weighted by Gasteiger charge is 2.35. The van der Waals surface area contributed by atoms with Crippen LogP contribution in [-0.2, 0) is 6.18 Å². The van der Waals surface area contributed by atoms with Crippen LogP contribution in [0.2, 0.25) is 0 Å². The Morgan fingerprint density at radius 2 is 1.53 bits per heavy atom. The Balaban J connectivity index is 1.58. The van der Waals surface area contributed by atoms with E-state index in [1.54, 1.807) is 6.07 Å². The molecule has 6 rings (SSSR count). The molecule has 178 valence electrons. The van der Waals surface area contributed by atoms with E-state index in [4.69, 9.17) is 0 Å². The van der Waals surface area contributed by atoms with Crippen molar-refractivity contribution < 1.29 is 13.2 Å². The van der Waals surface area contributed by atoms with E-state index >= 15 is 0 Å². The number of rotatable bonds is 4. The van der Waals surface area contributed by atoms with Gasteiger partial charge in [-0.05, 0) is 36.4 Å². The summed E-state index contributed by atoms with van der Waals surface area (Å²) in [5, 5.41) is 16.2. The minimum atomic E-state index is -4.67. The number of aromatic nitrogens is 5. The van der Waals surface area contributed by atoms with Gasteiger partial charge in [0.25, 0.3) is 5.56 Å². The number of benzene rings is 3. The largest absolute Gasteiger partial charge is 0.417 e. The fourth-order valence-corrected chi connectivity index (χ4v) is 4.22. The lowest BCUT2D eigenvalue weighted by Gasteiger charge is -2.15. The van der Waals surface area contributed by atoms with E-state index in [0.29, 0.717) is 17.2 Å². The van der Waals surface area contributed by atoms with Crippen molar-refractivity contribution in [3.05, 3.63) is 94.8 Å². The van der Waals surface area contributed by atoms with Crippen LogP contribution in [0.15, 0.2) is 83.7 Å². The standard InChI is InChI=1S/C26H17F3N6O/c27-26(28,29)19-13-23-18(25(36)35-33-23)12-17(19)22-11-15(10-21(31-22)14-6-2-1-3-7-14)30-24-16-8-4-5-9-20(16)32-34-24/h1-13H,(H2,33,35,36)(H2,30,31,32,34). The van der Waals surface area contributed by atoms with Gasteiger partial charge < -0.3 is 5.32 Å². The summed E-state index contributed by atoms with van der Waals surface area (Å²) < 4.78 is 42.3. The molecule has 3 aromatic heterocycles. The molecule has 6 aromatic rings. The van der Waals surface area contributed by atoms with E-state index in [9.17, 15) is 18.0 Å². The van der Waals surface area contributed by atoms with Crippen molar-refractivity contribution in [3.63, 3.8) is 0 Å². The Kier molecular flexibility index (Phi) is 4.89. The zero-order valence-corrected chi connectivity index (χ0v) is 18.4. The Morgan fingerprint density at radius 1 is 0.778 bits per heavy atom. The Bertz CT molecular complexity index is 1780. The lowest BCUT2D eigenvalue weighted by atomic mass is 9.99. The minimum absolute atomic E-state index is 0.0634. The molecule has 0 radical (unpaired) electrons. The highest BCUT2D eigenvalue weighted by Crippen LogP contribution is 2.40. The molecule has 0 aliphatic heterocycles. The SMILES string of the molecule is O=c1[nH][nH]c2cc(C(F)(F)F)c(-c3cc(Nc4n[nH]c5ccccc45)cc(-c4ccccc4)n3)cc12. The second kappa shape index (κ2) is 8.12. The topological polar surface area (TPSA) is 102 Å². The van der Waals surface area contributed by atoms with Crippen LogP contribution >= 0.6 is 0 Å². The molecule has 0 unspecified atom stereocenters. The van der Waals surface area contributed by atoms with Crippen LogP contribution in [0.5, 0.6) is 0 Å².